The van der Waals surface area contributed by atoms with Gasteiger partial charge in [0.15, 0.2) is 6.10 Å². The van der Waals surface area contributed by atoms with Gasteiger partial charge in [0.2, 0.25) is 0 Å². The lowest BCUT2D eigenvalue weighted by atomic mass is 10.1. The second-order valence-corrected chi connectivity index (χ2v) is 16.5. The maximum absolute atomic E-state index is 12.8. The van der Waals surface area contributed by atoms with Crippen LogP contribution in [0.4, 0.5) is 0 Å². The van der Waals surface area contributed by atoms with Crippen LogP contribution in [0.3, 0.4) is 0 Å². The summed E-state index contributed by atoms with van der Waals surface area (Å²) in [4.78, 5) is 38.0. The summed E-state index contributed by atoms with van der Waals surface area (Å²) in [7, 11) is 0. The highest BCUT2D eigenvalue weighted by atomic mass is 16.6. The van der Waals surface area contributed by atoms with Crippen molar-refractivity contribution in [1.82, 2.24) is 0 Å². The molecule has 0 N–H and O–H groups in total. The van der Waals surface area contributed by atoms with Gasteiger partial charge in [0, 0.05) is 19.3 Å². The van der Waals surface area contributed by atoms with E-state index in [2.05, 4.69) is 136 Å². The molecule has 0 aromatic heterocycles. The Morgan fingerprint density at radius 3 is 1.15 bits per heavy atom. The van der Waals surface area contributed by atoms with Gasteiger partial charge in [-0.25, -0.2) is 0 Å². The van der Waals surface area contributed by atoms with Crippen molar-refractivity contribution < 1.29 is 28.6 Å². The van der Waals surface area contributed by atoms with Gasteiger partial charge in [0.1, 0.15) is 13.2 Å². The molecule has 1 unspecified atom stereocenters. The molecule has 0 rings (SSSR count). The number of carbonyl (C=O) groups is 3. The summed E-state index contributed by atoms with van der Waals surface area (Å²) in [6.07, 6.45) is 80.5. The van der Waals surface area contributed by atoms with E-state index >= 15 is 0 Å². The highest BCUT2D eigenvalue weighted by Gasteiger charge is 2.19. The van der Waals surface area contributed by atoms with E-state index in [4.69, 9.17) is 14.2 Å². The number of rotatable bonds is 44. The SMILES string of the molecule is CC/C=C/C=C/C=C/C=C/C=C/CCCC(=O)OCC(COC(=O)CCCCC/C=C/C/C=C/C/C=C/C/C=C/C/C=C/CC)OC(=O)CCCCCCC/C=C/C=C/C=C/C=C/CCCCC. The lowest BCUT2D eigenvalue weighted by Crippen LogP contribution is -2.30. The van der Waals surface area contributed by atoms with Crippen molar-refractivity contribution in [3.8, 4) is 0 Å². The van der Waals surface area contributed by atoms with Crippen molar-refractivity contribution in [2.24, 2.45) is 0 Å². The smallest absolute Gasteiger partial charge is 0.306 e. The minimum Gasteiger partial charge on any atom is -0.462 e. The van der Waals surface area contributed by atoms with Crippen LogP contribution >= 0.6 is 0 Å². The Labute approximate surface area is 415 Å². The summed E-state index contributed by atoms with van der Waals surface area (Å²) in [5.41, 5.74) is 0. The second-order valence-electron chi connectivity index (χ2n) is 16.5. The van der Waals surface area contributed by atoms with E-state index in [1.807, 2.05) is 54.7 Å². The third kappa shape index (κ3) is 51.7. The molecule has 0 aromatic rings. The van der Waals surface area contributed by atoms with Crippen LogP contribution in [0.1, 0.15) is 181 Å². The molecule has 1 atom stereocenters. The number of esters is 3. The summed E-state index contributed by atoms with van der Waals surface area (Å²) in [5, 5.41) is 0. The van der Waals surface area contributed by atoms with Gasteiger partial charge in [-0.05, 0) is 103 Å². The zero-order valence-electron chi connectivity index (χ0n) is 42.8. The molecule has 0 radical (unpaired) electrons. The number of ether oxygens (including phenoxy) is 3. The largest absolute Gasteiger partial charge is 0.462 e. The summed E-state index contributed by atoms with van der Waals surface area (Å²) < 4.78 is 16.7. The van der Waals surface area contributed by atoms with Gasteiger partial charge >= 0.3 is 17.9 Å². The Kier molecular flexibility index (Phi) is 50.2. The molecule has 376 valence electrons. The number of unbranched alkanes of at least 4 members (excludes halogenated alkanes) is 12. The van der Waals surface area contributed by atoms with Crippen LogP contribution in [0.15, 0.2) is 170 Å². The highest BCUT2D eigenvalue weighted by Crippen LogP contribution is 2.11. The number of hydrogen-bond acceptors (Lipinski definition) is 6. The van der Waals surface area contributed by atoms with Crippen molar-refractivity contribution in [3.63, 3.8) is 0 Å². The van der Waals surface area contributed by atoms with Crippen LogP contribution in [0, 0.1) is 0 Å². The molecule has 0 bridgehead atoms. The zero-order valence-corrected chi connectivity index (χ0v) is 42.8. The molecule has 0 aromatic carbocycles. The predicted octanol–water partition coefficient (Wildman–Crippen LogP) is 17.6. The maximum Gasteiger partial charge on any atom is 0.306 e. The normalized spacial score (nSPS) is 13.5. The Morgan fingerprint density at radius 1 is 0.324 bits per heavy atom. The summed E-state index contributed by atoms with van der Waals surface area (Å²) in [6.45, 7) is 6.19. The lowest BCUT2D eigenvalue weighted by molar-refractivity contribution is -0.167. The molecule has 0 spiro atoms. The van der Waals surface area contributed by atoms with E-state index in [1.54, 1.807) is 0 Å². The van der Waals surface area contributed by atoms with Crippen LogP contribution in [0.25, 0.3) is 0 Å². The quantitative estimate of drug-likeness (QED) is 0.0199. The Balaban J connectivity index is 4.63. The van der Waals surface area contributed by atoms with Crippen molar-refractivity contribution in [2.45, 2.75) is 187 Å². The van der Waals surface area contributed by atoms with Gasteiger partial charge in [0.25, 0.3) is 0 Å². The van der Waals surface area contributed by atoms with Crippen molar-refractivity contribution in [3.05, 3.63) is 170 Å². The first-order valence-corrected chi connectivity index (χ1v) is 26.3. The minimum absolute atomic E-state index is 0.137. The molecule has 68 heavy (non-hydrogen) atoms. The lowest BCUT2D eigenvalue weighted by Gasteiger charge is -2.18. The standard InChI is InChI=1S/C62H92O6/c1-4-7-10-13-16-19-22-25-27-29-31-33-34-37-40-43-46-49-52-55-61(64)67-58-59(57-66-60(63)54-51-48-45-42-39-36-24-21-18-15-12-9-6-3)68-62(65)56-53-50-47-44-41-38-35-32-30-28-26-23-20-17-14-11-8-5-2/h7,9-10,12,15-21,23-28,30-33,35-37,39-40,42,45,59H,4-6,8,11,13-14,22,29,34,38,41,43-44,46-58H2,1-3H3/b10-7+,12-9+,18-15+,19-16+,20-17+,24-21+,26-23+,27-25+,30-28+,33-31+,35-32+,39-36+,40-37+,45-42+. The number of allylic oxidation sites excluding steroid dienone is 28. The van der Waals surface area contributed by atoms with Gasteiger partial charge < -0.3 is 14.2 Å². The number of hydrogen-bond donors (Lipinski definition) is 0. The number of carbonyl (C=O) groups excluding carboxylic acids is 3. The fourth-order valence-electron chi connectivity index (χ4n) is 6.27. The fourth-order valence-corrected chi connectivity index (χ4v) is 6.27. The molecule has 6 nitrogen and oxygen atoms in total. The van der Waals surface area contributed by atoms with E-state index in [0.717, 1.165) is 116 Å². The molecule has 0 aliphatic carbocycles. The van der Waals surface area contributed by atoms with E-state index in [1.165, 1.54) is 19.3 Å². The summed E-state index contributed by atoms with van der Waals surface area (Å²) >= 11 is 0. The molecular weight excluding hydrogens is 841 g/mol. The van der Waals surface area contributed by atoms with E-state index in [-0.39, 0.29) is 44.0 Å². The topological polar surface area (TPSA) is 78.9 Å². The molecule has 0 heterocycles. The molecule has 0 fully saturated rings. The maximum atomic E-state index is 12.8. The summed E-state index contributed by atoms with van der Waals surface area (Å²) in [5.74, 6) is -1.08. The minimum atomic E-state index is -0.843. The van der Waals surface area contributed by atoms with Crippen molar-refractivity contribution >= 4 is 17.9 Å². The summed E-state index contributed by atoms with van der Waals surface area (Å²) in [6, 6.07) is 0. The van der Waals surface area contributed by atoms with Crippen LogP contribution < -0.4 is 0 Å². The fraction of sp³-hybridized carbons (Fsp3) is 0.500. The van der Waals surface area contributed by atoms with Crippen LogP contribution in [0.2, 0.25) is 0 Å². The van der Waals surface area contributed by atoms with E-state index in [9.17, 15) is 14.4 Å². The van der Waals surface area contributed by atoms with Crippen molar-refractivity contribution in [2.75, 3.05) is 13.2 Å². The van der Waals surface area contributed by atoms with Gasteiger partial charge in [0.05, 0.1) is 0 Å². The molecular formula is C62H92O6. The first-order valence-electron chi connectivity index (χ1n) is 26.3. The van der Waals surface area contributed by atoms with Gasteiger partial charge in [-0.1, -0.05) is 229 Å². The van der Waals surface area contributed by atoms with E-state index in [0.29, 0.717) is 12.8 Å². The van der Waals surface area contributed by atoms with E-state index < -0.39 is 6.10 Å². The Morgan fingerprint density at radius 2 is 0.662 bits per heavy atom. The molecule has 0 aliphatic heterocycles. The predicted molar refractivity (Wildman–Crippen MR) is 292 cm³/mol. The second kappa shape index (κ2) is 54.4. The molecule has 0 aliphatic rings. The molecule has 0 saturated carbocycles. The van der Waals surface area contributed by atoms with Crippen LogP contribution in [-0.2, 0) is 28.6 Å². The third-order valence-electron chi connectivity index (χ3n) is 10.2. The molecule has 0 saturated heterocycles. The van der Waals surface area contributed by atoms with Crippen LogP contribution in [-0.4, -0.2) is 37.2 Å². The van der Waals surface area contributed by atoms with Crippen molar-refractivity contribution in [1.29, 1.82) is 0 Å². The van der Waals surface area contributed by atoms with Crippen LogP contribution in [0.5, 0.6) is 0 Å². The Hall–Kier alpha value is -5.23. The van der Waals surface area contributed by atoms with Gasteiger partial charge in [-0.2, -0.15) is 0 Å². The average Bonchev–Trinajstić information content (AvgIpc) is 3.34. The highest BCUT2D eigenvalue weighted by molar-refractivity contribution is 5.71. The molecule has 0 amide bonds. The third-order valence-corrected chi connectivity index (χ3v) is 10.2. The average molecular weight is 933 g/mol. The molecule has 6 heteroatoms. The first-order chi connectivity index (χ1) is 33.5. The Bertz CT molecular complexity index is 1640. The zero-order chi connectivity index (χ0) is 49.3. The first kappa shape index (κ1) is 62.8. The monoisotopic (exact) mass is 933 g/mol. The van der Waals surface area contributed by atoms with Gasteiger partial charge in [-0.15, -0.1) is 0 Å². The van der Waals surface area contributed by atoms with Gasteiger partial charge in [-0.3, -0.25) is 14.4 Å².